The molecule has 3 N–H and O–H groups in total. The molecule has 22 heavy (non-hydrogen) atoms. The average molecular weight is 314 g/mol. The molecule has 0 aliphatic carbocycles. The maximum absolute atomic E-state index is 13.4. The summed E-state index contributed by atoms with van der Waals surface area (Å²) >= 11 is 0. The van der Waals surface area contributed by atoms with Gasteiger partial charge in [0.25, 0.3) is 0 Å². The van der Waals surface area contributed by atoms with Crippen LogP contribution in [0.5, 0.6) is 0 Å². The van der Waals surface area contributed by atoms with Crippen LogP contribution in [0.3, 0.4) is 0 Å². The summed E-state index contributed by atoms with van der Waals surface area (Å²) in [6.07, 6.45) is 0.698. The first-order valence-electron chi connectivity index (χ1n) is 6.94. The lowest BCUT2D eigenvalue weighted by atomic mass is 9.89. The molecule has 0 heterocycles. The topological polar surface area (TPSA) is 78.4 Å². The normalized spacial score (nSPS) is 14.8. The van der Waals surface area contributed by atoms with Crippen molar-refractivity contribution in [3.63, 3.8) is 0 Å². The van der Waals surface area contributed by atoms with E-state index in [1.54, 1.807) is 6.92 Å². The van der Waals surface area contributed by atoms with E-state index in [2.05, 4.69) is 5.32 Å². The summed E-state index contributed by atoms with van der Waals surface area (Å²) in [6.45, 7) is 5.13. The Hall–Kier alpha value is -2.02. The van der Waals surface area contributed by atoms with E-state index in [4.69, 9.17) is 0 Å². The highest BCUT2D eigenvalue weighted by Crippen LogP contribution is 2.19. The van der Waals surface area contributed by atoms with Gasteiger partial charge in [0.1, 0.15) is 11.6 Å². The van der Waals surface area contributed by atoms with Gasteiger partial charge in [0.05, 0.1) is 11.3 Å². The van der Waals surface area contributed by atoms with Crippen molar-refractivity contribution in [3.8, 4) is 0 Å². The van der Waals surface area contributed by atoms with Crippen LogP contribution < -0.4 is 10.6 Å². The van der Waals surface area contributed by atoms with E-state index in [1.807, 2.05) is 19.2 Å². The zero-order chi connectivity index (χ0) is 16.9. The van der Waals surface area contributed by atoms with Crippen LogP contribution in [0.4, 0.5) is 14.5 Å². The summed E-state index contributed by atoms with van der Waals surface area (Å²) in [5.41, 5.74) is -1.59. The lowest BCUT2D eigenvalue weighted by Gasteiger charge is -2.29. The molecule has 2 amide bonds. The second-order valence-corrected chi connectivity index (χ2v) is 5.43. The Labute approximate surface area is 127 Å². The Morgan fingerprint density at radius 3 is 2.55 bits per heavy atom. The number of anilines is 1. The van der Waals surface area contributed by atoms with Gasteiger partial charge in [-0.25, -0.2) is 8.78 Å². The molecule has 0 aliphatic heterocycles. The largest absolute Gasteiger partial charge is 0.388 e. The number of carbonyl (C=O) groups is 2. The van der Waals surface area contributed by atoms with Crippen molar-refractivity contribution in [2.24, 2.45) is 5.92 Å². The van der Waals surface area contributed by atoms with Gasteiger partial charge in [-0.15, -0.1) is 0 Å². The van der Waals surface area contributed by atoms with Gasteiger partial charge in [-0.3, -0.25) is 9.59 Å². The quantitative estimate of drug-likeness (QED) is 0.725. The minimum Gasteiger partial charge on any atom is -0.388 e. The van der Waals surface area contributed by atoms with Crippen molar-refractivity contribution >= 4 is 17.5 Å². The second-order valence-electron chi connectivity index (χ2n) is 5.43. The summed E-state index contributed by atoms with van der Waals surface area (Å²) < 4.78 is 26.3. The van der Waals surface area contributed by atoms with Crippen LogP contribution in [0.15, 0.2) is 18.2 Å². The second kappa shape index (κ2) is 7.31. The van der Waals surface area contributed by atoms with E-state index in [-0.39, 0.29) is 12.5 Å². The highest BCUT2D eigenvalue weighted by Gasteiger charge is 2.28. The van der Waals surface area contributed by atoms with Gasteiger partial charge in [-0.1, -0.05) is 20.3 Å². The molecule has 2 atom stereocenters. The monoisotopic (exact) mass is 314 g/mol. The first kappa shape index (κ1) is 18.0. The predicted molar refractivity (Wildman–Crippen MR) is 78.1 cm³/mol. The van der Waals surface area contributed by atoms with Crippen molar-refractivity contribution in [3.05, 3.63) is 29.8 Å². The van der Waals surface area contributed by atoms with Gasteiger partial charge in [-0.05, 0) is 25.0 Å². The third kappa shape index (κ3) is 4.77. The highest BCUT2D eigenvalue weighted by molar-refractivity contribution is 6.39. The van der Waals surface area contributed by atoms with Crippen LogP contribution in [-0.4, -0.2) is 29.1 Å². The number of rotatable bonds is 5. The van der Waals surface area contributed by atoms with Crippen LogP contribution in [0.25, 0.3) is 0 Å². The van der Waals surface area contributed by atoms with Gasteiger partial charge in [0, 0.05) is 12.6 Å². The molecule has 0 aromatic heterocycles. The third-order valence-corrected chi connectivity index (χ3v) is 3.66. The number of hydrogen-bond donors (Lipinski definition) is 3. The predicted octanol–water partition coefficient (Wildman–Crippen LogP) is 1.82. The lowest BCUT2D eigenvalue weighted by molar-refractivity contribution is -0.137. The number of amides is 2. The summed E-state index contributed by atoms with van der Waals surface area (Å²) in [6, 6.07) is 2.51. The van der Waals surface area contributed by atoms with Crippen LogP contribution in [0, 0.1) is 17.6 Å². The fourth-order valence-corrected chi connectivity index (χ4v) is 1.73. The van der Waals surface area contributed by atoms with Crippen molar-refractivity contribution < 1.29 is 23.5 Å². The van der Waals surface area contributed by atoms with E-state index in [0.717, 1.165) is 18.2 Å². The Morgan fingerprint density at radius 2 is 1.95 bits per heavy atom. The molecule has 0 saturated carbocycles. The Morgan fingerprint density at radius 1 is 1.32 bits per heavy atom. The summed E-state index contributed by atoms with van der Waals surface area (Å²) in [7, 11) is 0. The molecule has 0 radical (unpaired) electrons. The lowest BCUT2D eigenvalue weighted by Crippen LogP contribution is -2.47. The summed E-state index contributed by atoms with van der Waals surface area (Å²) in [5.74, 6) is -3.85. The SMILES string of the molecule is CC[C@H](C)[C@](C)(O)CNC(=O)C(=O)Nc1cc(F)ccc1F. The molecule has 1 rings (SSSR count). The maximum Gasteiger partial charge on any atom is 0.313 e. The smallest absolute Gasteiger partial charge is 0.313 e. The van der Waals surface area contributed by atoms with Gasteiger partial charge < -0.3 is 15.7 Å². The minimum absolute atomic E-state index is 0.0866. The first-order chi connectivity index (χ1) is 10.2. The van der Waals surface area contributed by atoms with Crippen molar-refractivity contribution in [1.29, 1.82) is 0 Å². The number of halogens is 2. The van der Waals surface area contributed by atoms with Gasteiger partial charge >= 0.3 is 11.8 Å². The standard InChI is InChI=1S/C15H20F2N2O3/c1-4-9(2)15(3,22)8-18-13(20)14(21)19-12-7-10(16)5-6-11(12)17/h5-7,9,22H,4,8H2,1-3H3,(H,18,20)(H,19,21)/t9-,15+/m0/s1. The summed E-state index contributed by atoms with van der Waals surface area (Å²) in [4.78, 5) is 23.3. The zero-order valence-electron chi connectivity index (χ0n) is 12.7. The van der Waals surface area contributed by atoms with E-state index < -0.39 is 34.7 Å². The number of benzene rings is 1. The molecular weight excluding hydrogens is 294 g/mol. The number of aliphatic hydroxyl groups is 1. The molecule has 0 spiro atoms. The summed E-state index contributed by atoms with van der Waals surface area (Å²) in [5, 5.41) is 14.4. The van der Waals surface area contributed by atoms with E-state index in [1.165, 1.54) is 0 Å². The molecule has 7 heteroatoms. The van der Waals surface area contributed by atoms with Crippen molar-refractivity contribution in [1.82, 2.24) is 5.32 Å². The highest BCUT2D eigenvalue weighted by atomic mass is 19.1. The molecular formula is C15H20F2N2O3. The molecule has 0 bridgehead atoms. The first-order valence-corrected chi connectivity index (χ1v) is 6.94. The maximum atomic E-state index is 13.4. The molecule has 0 aliphatic rings. The average Bonchev–Trinajstić information content (AvgIpc) is 2.47. The molecule has 0 unspecified atom stereocenters. The minimum atomic E-state index is -1.17. The number of nitrogens with one attached hydrogen (secondary N) is 2. The van der Waals surface area contributed by atoms with Crippen LogP contribution in [0.1, 0.15) is 27.2 Å². The molecule has 0 fully saturated rings. The van der Waals surface area contributed by atoms with Crippen LogP contribution >= 0.6 is 0 Å². The van der Waals surface area contributed by atoms with Crippen LogP contribution in [0.2, 0.25) is 0 Å². The van der Waals surface area contributed by atoms with Gasteiger partial charge in [-0.2, -0.15) is 0 Å². The zero-order valence-corrected chi connectivity index (χ0v) is 12.7. The molecule has 1 aromatic carbocycles. The van der Waals surface area contributed by atoms with E-state index in [9.17, 15) is 23.5 Å². The Kier molecular flexibility index (Phi) is 5.99. The fourth-order valence-electron chi connectivity index (χ4n) is 1.73. The molecule has 122 valence electrons. The molecule has 1 aromatic rings. The van der Waals surface area contributed by atoms with Gasteiger partial charge in [0.15, 0.2) is 0 Å². The van der Waals surface area contributed by atoms with Gasteiger partial charge in [0.2, 0.25) is 0 Å². The van der Waals surface area contributed by atoms with E-state index >= 15 is 0 Å². The van der Waals surface area contributed by atoms with Crippen LogP contribution in [-0.2, 0) is 9.59 Å². The number of carbonyl (C=O) groups excluding carboxylic acids is 2. The molecule has 0 saturated heterocycles. The molecule has 5 nitrogen and oxygen atoms in total. The number of hydrogen-bond acceptors (Lipinski definition) is 3. The Balaban J connectivity index is 2.63. The Bertz CT molecular complexity index is 562. The van der Waals surface area contributed by atoms with Crippen molar-refractivity contribution in [2.75, 3.05) is 11.9 Å². The van der Waals surface area contributed by atoms with Crippen molar-refractivity contribution in [2.45, 2.75) is 32.8 Å². The fraction of sp³-hybridized carbons (Fsp3) is 0.467. The van der Waals surface area contributed by atoms with E-state index in [0.29, 0.717) is 6.42 Å². The third-order valence-electron chi connectivity index (χ3n) is 3.66.